The maximum atomic E-state index is 13.9. The molecule has 5 aliphatic rings. The van der Waals surface area contributed by atoms with E-state index in [1.807, 2.05) is 25.1 Å². The Morgan fingerprint density at radius 2 is 1.92 bits per heavy atom. The quantitative estimate of drug-likeness (QED) is 0.373. The van der Waals surface area contributed by atoms with Gasteiger partial charge < -0.3 is 24.0 Å². The van der Waals surface area contributed by atoms with Crippen LogP contribution < -0.4 is 14.4 Å². The molecule has 1 spiro atoms. The molecule has 9 atom stereocenters. The molecule has 0 aromatic heterocycles. The minimum absolute atomic E-state index is 0.0741. The number of halogens is 1. The Hall–Kier alpha value is -2.30. The maximum absolute atomic E-state index is 13.9. The minimum atomic E-state index is -2.90. The molecule has 1 amide bonds. The third kappa shape index (κ3) is 7.12. The van der Waals surface area contributed by atoms with E-state index in [1.165, 1.54) is 11.1 Å². The molecule has 0 radical (unpaired) electrons. The van der Waals surface area contributed by atoms with E-state index in [0.717, 1.165) is 87.5 Å². The highest BCUT2D eigenvalue weighted by atomic mass is 35.5. The Kier molecular flexibility index (Phi) is 10.0. The van der Waals surface area contributed by atoms with Gasteiger partial charge in [0.15, 0.2) is 6.29 Å². The average Bonchev–Trinajstić information content (AvgIpc) is 3.44. The van der Waals surface area contributed by atoms with Gasteiger partial charge in [-0.05, 0) is 131 Å². The van der Waals surface area contributed by atoms with Crippen molar-refractivity contribution in [1.82, 2.24) is 9.62 Å². The molecule has 2 aromatic carbocycles. The molecular weight excluding hydrogens is 658 g/mol. The molecule has 268 valence electrons. The Morgan fingerprint density at radius 1 is 1.08 bits per heavy atom. The second kappa shape index (κ2) is 14.0. The number of carbonyl (C=O) groups excluding carboxylic acids is 1. The van der Waals surface area contributed by atoms with Gasteiger partial charge in [-0.1, -0.05) is 31.0 Å². The van der Waals surface area contributed by atoms with E-state index < -0.39 is 9.71 Å². The van der Waals surface area contributed by atoms with Gasteiger partial charge in [0, 0.05) is 46.8 Å². The average molecular weight is 712 g/mol. The summed E-state index contributed by atoms with van der Waals surface area (Å²) in [6.07, 6.45) is 8.14. The number of hydrogen-bond donors (Lipinski definition) is 1. The van der Waals surface area contributed by atoms with Crippen molar-refractivity contribution in [1.29, 1.82) is 0 Å². The summed E-state index contributed by atoms with van der Waals surface area (Å²) in [5, 5.41) is 0.496. The first-order chi connectivity index (χ1) is 23.4. The van der Waals surface area contributed by atoms with Gasteiger partial charge in [-0.25, -0.2) is 4.21 Å². The largest absolute Gasteiger partial charge is 0.490 e. The van der Waals surface area contributed by atoms with E-state index in [9.17, 15) is 9.00 Å². The zero-order chi connectivity index (χ0) is 34.5. The lowest BCUT2D eigenvalue weighted by Crippen LogP contribution is -2.50. The number of fused-ring (bicyclic) bond motifs is 4. The molecule has 2 bridgehead atoms. The number of amides is 1. The van der Waals surface area contributed by atoms with Crippen molar-refractivity contribution in [3.05, 3.63) is 58.1 Å². The van der Waals surface area contributed by atoms with Crippen molar-refractivity contribution < 1.29 is 23.2 Å². The molecule has 1 saturated carbocycles. The zero-order valence-electron chi connectivity index (χ0n) is 29.6. The van der Waals surface area contributed by atoms with Gasteiger partial charge in [0.2, 0.25) is 0 Å². The second-order valence-corrected chi connectivity index (χ2v) is 18.8. The standard InChI is InChI=1S/C39H54ClN3O5S/c1-25-8-6-10-33(38-46-22-31(48-38)21-42(3)4)32-14-11-29(32)20-43-23-39(17-7-9-27-18-30(40)13-15-34(27)39)24-47-36-16-12-28(19-35(36)43)37(44)41-49(5,45)26(25)2/h12-13,15-16,18-19,25-26,29,31-33,38H,5-11,14,17,20-24H2,1-4H3,(H,41,44,45)/t25-,26+,29-,31-,32+,33+,38-,39-,49?/m0/s1. The van der Waals surface area contributed by atoms with Crippen LogP contribution in [0.15, 0.2) is 36.4 Å². The Morgan fingerprint density at radius 3 is 2.69 bits per heavy atom. The zero-order valence-corrected chi connectivity index (χ0v) is 31.2. The smallest absolute Gasteiger partial charge is 0.262 e. The number of carbonyl (C=O) groups is 1. The van der Waals surface area contributed by atoms with Gasteiger partial charge in [-0.2, -0.15) is 0 Å². The number of benzene rings is 2. The SMILES string of the molecule is C=S1(=O)NC(=O)c2ccc3c(c2)N(C[C@@H]2CC[C@H]2[C@H]([C@H]2OC[C@H](CN(C)C)O2)CCC[C@H](C)[C@H]1C)C[C@@]1(CCCc2cc(Cl)ccc21)CO3. The molecule has 8 nitrogen and oxygen atoms in total. The lowest BCUT2D eigenvalue weighted by molar-refractivity contribution is -0.134. The maximum Gasteiger partial charge on any atom is 0.262 e. The molecule has 10 heteroatoms. The monoisotopic (exact) mass is 711 g/mol. The summed E-state index contributed by atoms with van der Waals surface area (Å²) in [7, 11) is 1.26. The summed E-state index contributed by atoms with van der Waals surface area (Å²) >= 11 is 6.49. The number of hydrogen-bond acceptors (Lipinski definition) is 7. The Labute approximate surface area is 298 Å². The van der Waals surface area contributed by atoms with E-state index in [4.69, 9.17) is 25.8 Å². The molecular formula is C39H54ClN3O5S. The van der Waals surface area contributed by atoms with Crippen molar-refractivity contribution in [2.45, 2.75) is 88.3 Å². The van der Waals surface area contributed by atoms with Gasteiger partial charge in [0.1, 0.15) is 5.75 Å². The molecule has 1 unspecified atom stereocenters. The van der Waals surface area contributed by atoms with E-state index >= 15 is 0 Å². The highest BCUT2D eigenvalue weighted by Crippen LogP contribution is 2.49. The van der Waals surface area contributed by atoms with Crippen molar-refractivity contribution >= 4 is 38.8 Å². The summed E-state index contributed by atoms with van der Waals surface area (Å²) < 4.78 is 36.6. The summed E-state index contributed by atoms with van der Waals surface area (Å²) in [4.78, 5) is 18.4. The normalized spacial score (nSPS) is 36.7. The van der Waals surface area contributed by atoms with Gasteiger partial charge in [0.05, 0.1) is 34.7 Å². The molecule has 2 aromatic rings. The number of likely N-dealkylation sites (N-methyl/N-ethyl adjacent to an activating group) is 1. The summed E-state index contributed by atoms with van der Waals surface area (Å²) in [5.74, 6) is 5.83. The van der Waals surface area contributed by atoms with Gasteiger partial charge in [-0.3, -0.25) is 9.52 Å². The van der Waals surface area contributed by atoms with Crippen LogP contribution in [0.4, 0.5) is 5.69 Å². The van der Waals surface area contributed by atoms with Crippen molar-refractivity contribution in [2.75, 3.05) is 51.8 Å². The number of aryl methyl sites for hydroxylation is 1. The van der Waals surface area contributed by atoms with E-state index in [0.29, 0.717) is 30.6 Å². The molecule has 1 saturated heterocycles. The highest BCUT2D eigenvalue weighted by molar-refractivity contribution is 7.99. The Bertz CT molecular complexity index is 1650. The third-order valence-corrected chi connectivity index (χ3v) is 14.8. The van der Waals surface area contributed by atoms with Gasteiger partial charge in [0.25, 0.3) is 5.91 Å². The predicted molar refractivity (Wildman–Crippen MR) is 198 cm³/mol. The molecule has 2 fully saturated rings. The lowest BCUT2D eigenvalue weighted by atomic mass is 9.64. The second-order valence-electron chi connectivity index (χ2n) is 15.9. The van der Waals surface area contributed by atoms with Crippen molar-refractivity contribution in [2.24, 2.45) is 23.7 Å². The molecule has 3 heterocycles. The van der Waals surface area contributed by atoms with Gasteiger partial charge in [-0.15, -0.1) is 0 Å². The fourth-order valence-electron chi connectivity index (χ4n) is 9.27. The minimum Gasteiger partial charge on any atom is -0.490 e. The lowest BCUT2D eigenvalue weighted by Gasteiger charge is -2.47. The van der Waals surface area contributed by atoms with Crippen LogP contribution in [0, 0.1) is 23.7 Å². The highest BCUT2D eigenvalue weighted by Gasteiger charge is 2.47. The van der Waals surface area contributed by atoms with Crippen LogP contribution in [0.1, 0.15) is 80.3 Å². The first-order valence-electron chi connectivity index (χ1n) is 18.3. The third-order valence-electron chi connectivity index (χ3n) is 12.3. The Balaban J connectivity index is 1.27. The van der Waals surface area contributed by atoms with Crippen LogP contribution in [-0.2, 0) is 31.0 Å². The van der Waals surface area contributed by atoms with Crippen molar-refractivity contribution in [3.8, 4) is 5.75 Å². The topological polar surface area (TPSA) is 80.3 Å². The van der Waals surface area contributed by atoms with Crippen LogP contribution in [0.3, 0.4) is 0 Å². The van der Waals surface area contributed by atoms with E-state index in [-0.39, 0.29) is 40.8 Å². The van der Waals surface area contributed by atoms with E-state index in [2.05, 4.69) is 53.5 Å². The molecule has 3 aliphatic heterocycles. The number of rotatable bonds is 3. The summed E-state index contributed by atoms with van der Waals surface area (Å²) in [5.41, 5.74) is 3.83. The molecule has 49 heavy (non-hydrogen) atoms. The number of nitrogens with zero attached hydrogens (tertiary/aromatic N) is 2. The molecule has 1 N–H and O–H groups in total. The van der Waals surface area contributed by atoms with Crippen LogP contribution in [-0.4, -0.2) is 85.5 Å². The number of ether oxygens (including phenoxy) is 3. The fourth-order valence-corrected chi connectivity index (χ4v) is 11.0. The van der Waals surface area contributed by atoms with E-state index in [1.54, 1.807) is 6.07 Å². The van der Waals surface area contributed by atoms with Crippen LogP contribution >= 0.6 is 11.6 Å². The van der Waals surface area contributed by atoms with Crippen molar-refractivity contribution in [3.63, 3.8) is 0 Å². The summed E-state index contributed by atoms with van der Waals surface area (Å²) in [6, 6.07) is 12.0. The molecule has 2 aliphatic carbocycles. The predicted octanol–water partition coefficient (Wildman–Crippen LogP) is 6.33. The van der Waals surface area contributed by atoms with Crippen LogP contribution in [0.2, 0.25) is 5.02 Å². The number of anilines is 1. The number of nitrogens with one attached hydrogen (secondary N) is 1. The van der Waals surface area contributed by atoms with Gasteiger partial charge >= 0.3 is 0 Å². The fraction of sp³-hybridized carbons (Fsp3) is 0.641. The summed E-state index contributed by atoms with van der Waals surface area (Å²) in [6.45, 7) is 7.77. The first kappa shape index (κ1) is 35.1. The molecule has 7 rings (SSSR count). The first-order valence-corrected chi connectivity index (χ1v) is 20.5. The van der Waals surface area contributed by atoms with Crippen LogP contribution in [0.25, 0.3) is 0 Å². The van der Waals surface area contributed by atoms with Crippen LogP contribution in [0.5, 0.6) is 5.75 Å².